The van der Waals surface area contributed by atoms with Crippen molar-refractivity contribution in [2.75, 3.05) is 13.1 Å². The molecule has 0 aliphatic carbocycles. The zero-order chi connectivity index (χ0) is 22.7. The highest BCUT2D eigenvalue weighted by Crippen LogP contribution is 2.34. The molecule has 1 aliphatic rings. The molecule has 3 aromatic rings. The van der Waals surface area contributed by atoms with Crippen LogP contribution in [0.3, 0.4) is 0 Å². The van der Waals surface area contributed by atoms with Crippen LogP contribution in [0.4, 0.5) is 8.78 Å². The molecule has 2 N–H and O–H groups in total. The number of aliphatic hydroxyl groups is 1. The molecule has 1 aliphatic heterocycles. The molecule has 166 valence electrons. The molecule has 1 saturated heterocycles. The zero-order valence-electron chi connectivity index (χ0n) is 17.0. The van der Waals surface area contributed by atoms with Gasteiger partial charge in [-0.2, -0.15) is 0 Å². The van der Waals surface area contributed by atoms with Gasteiger partial charge in [0, 0.05) is 19.2 Å². The number of nitrogens with one attached hydrogen (secondary N) is 1. The number of amides is 2. The van der Waals surface area contributed by atoms with Gasteiger partial charge in [-0.1, -0.05) is 41.6 Å². The van der Waals surface area contributed by atoms with Gasteiger partial charge in [-0.15, -0.1) is 0 Å². The minimum absolute atomic E-state index is 0.0451. The number of nitrogens with zero attached hydrogens (tertiary/aromatic N) is 2. The molecule has 0 radical (unpaired) electrons. The van der Waals surface area contributed by atoms with E-state index in [-0.39, 0.29) is 37.5 Å². The third-order valence-corrected chi connectivity index (χ3v) is 5.73. The number of halogens is 2. The van der Waals surface area contributed by atoms with Crippen LogP contribution in [0.2, 0.25) is 0 Å². The van der Waals surface area contributed by atoms with Gasteiger partial charge in [0.2, 0.25) is 5.91 Å². The van der Waals surface area contributed by atoms with Gasteiger partial charge >= 0.3 is 0 Å². The van der Waals surface area contributed by atoms with Gasteiger partial charge in [-0.3, -0.25) is 9.59 Å². The average Bonchev–Trinajstić information content (AvgIpc) is 3.33. The summed E-state index contributed by atoms with van der Waals surface area (Å²) in [5, 5.41) is 17.7. The number of piperidine rings is 1. The van der Waals surface area contributed by atoms with E-state index in [9.17, 15) is 23.5 Å². The lowest BCUT2D eigenvalue weighted by molar-refractivity contribution is -0.136. The fourth-order valence-electron chi connectivity index (χ4n) is 3.98. The molecular weight excluding hydrogens is 420 g/mol. The Morgan fingerprint density at radius 2 is 1.94 bits per heavy atom. The smallest absolute Gasteiger partial charge is 0.274 e. The standard InChI is InChI=1S/C23H21F2N3O4/c24-17-7-6-15(12-18(17)25)13-21(30)28-10-9-23(20(29)14-28,16-4-2-1-3-5-16)26-22(31)19-8-11-32-27-19/h1-8,11-12,20,29H,9-10,13-14H2,(H,26,31)/t20-,23+/m1/s1. The highest BCUT2D eigenvalue weighted by Gasteiger charge is 2.46. The molecule has 0 spiro atoms. The summed E-state index contributed by atoms with van der Waals surface area (Å²) in [5.41, 5.74) is -0.0419. The van der Waals surface area contributed by atoms with Crippen LogP contribution in [0.5, 0.6) is 0 Å². The van der Waals surface area contributed by atoms with Crippen LogP contribution in [-0.2, 0) is 16.8 Å². The van der Waals surface area contributed by atoms with Crippen LogP contribution in [0.15, 0.2) is 65.4 Å². The lowest BCUT2D eigenvalue weighted by atomic mass is 9.78. The number of hydrogen-bond acceptors (Lipinski definition) is 5. The van der Waals surface area contributed by atoms with E-state index in [1.165, 1.54) is 23.3 Å². The van der Waals surface area contributed by atoms with Crippen LogP contribution in [0, 0.1) is 11.6 Å². The van der Waals surface area contributed by atoms with E-state index in [4.69, 9.17) is 4.52 Å². The van der Waals surface area contributed by atoms with Crippen molar-refractivity contribution in [3.05, 3.63) is 89.3 Å². The van der Waals surface area contributed by atoms with Gasteiger partial charge in [0.1, 0.15) is 6.26 Å². The number of carbonyl (C=O) groups is 2. The lowest BCUT2D eigenvalue weighted by Crippen LogP contribution is -2.62. The highest BCUT2D eigenvalue weighted by molar-refractivity contribution is 5.92. The maximum Gasteiger partial charge on any atom is 0.274 e. The van der Waals surface area contributed by atoms with Crippen molar-refractivity contribution < 1.29 is 28.0 Å². The topological polar surface area (TPSA) is 95.7 Å². The molecule has 0 bridgehead atoms. The Bertz CT molecular complexity index is 1110. The molecule has 1 fully saturated rings. The first-order valence-corrected chi connectivity index (χ1v) is 10.1. The number of likely N-dealkylation sites (tertiary alicyclic amines) is 1. The Morgan fingerprint density at radius 1 is 1.16 bits per heavy atom. The van der Waals surface area contributed by atoms with Gasteiger partial charge in [-0.05, 0) is 29.7 Å². The van der Waals surface area contributed by atoms with E-state index < -0.39 is 29.2 Å². The van der Waals surface area contributed by atoms with Crippen LogP contribution in [0.25, 0.3) is 0 Å². The molecule has 2 atom stereocenters. The van der Waals surface area contributed by atoms with Crippen LogP contribution in [0.1, 0.15) is 28.0 Å². The van der Waals surface area contributed by atoms with Crippen LogP contribution in [-0.4, -0.2) is 46.2 Å². The maximum absolute atomic E-state index is 13.5. The summed E-state index contributed by atoms with van der Waals surface area (Å²) in [7, 11) is 0. The molecule has 32 heavy (non-hydrogen) atoms. The van der Waals surface area contributed by atoms with E-state index in [2.05, 4.69) is 10.5 Å². The number of aliphatic hydroxyl groups excluding tert-OH is 1. The van der Waals surface area contributed by atoms with E-state index >= 15 is 0 Å². The van der Waals surface area contributed by atoms with Crippen LogP contribution < -0.4 is 5.32 Å². The normalized spacial score (nSPS) is 20.7. The van der Waals surface area contributed by atoms with Gasteiger partial charge in [0.05, 0.1) is 18.1 Å². The van der Waals surface area contributed by atoms with Crippen molar-refractivity contribution in [1.82, 2.24) is 15.4 Å². The molecule has 9 heteroatoms. The van der Waals surface area contributed by atoms with Gasteiger partial charge in [0.25, 0.3) is 5.91 Å². The van der Waals surface area contributed by atoms with Gasteiger partial charge < -0.3 is 19.8 Å². The molecule has 2 amide bonds. The minimum atomic E-state index is -1.14. The van der Waals surface area contributed by atoms with E-state index in [1.807, 2.05) is 6.07 Å². The van der Waals surface area contributed by atoms with Crippen molar-refractivity contribution in [2.45, 2.75) is 24.5 Å². The van der Waals surface area contributed by atoms with Crippen molar-refractivity contribution in [3.63, 3.8) is 0 Å². The first kappa shape index (κ1) is 21.6. The first-order chi connectivity index (χ1) is 15.4. The second kappa shape index (κ2) is 8.88. The average molecular weight is 441 g/mol. The number of rotatable bonds is 5. The largest absolute Gasteiger partial charge is 0.388 e. The molecule has 4 rings (SSSR count). The highest BCUT2D eigenvalue weighted by atomic mass is 19.2. The second-order valence-electron chi connectivity index (χ2n) is 7.71. The Kier molecular flexibility index (Phi) is 6.00. The Morgan fingerprint density at radius 3 is 2.59 bits per heavy atom. The number of aromatic nitrogens is 1. The number of carbonyl (C=O) groups excluding carboxylic acids is 2. The predicted octanol–water partition coefficient (Wildman–Crippen LogP) is 2.41. The van der Waals surface area contributed by atoms with Gasteiger partial charge in [0.15, 0.2) is 17.3 Å². The van der Waals surface area contributed by atoms with E-state index in [0.717, 1.165) is 12.1 Å². The lowest BCUT2D eigenvalue weighted by Gasteiger charge is -2.46. The summed E-state index contributed by atoms with van der Waals surface area (Å²) >= 11 is 0. The second-order valence-corrected chi connectivity index (χ2v) is 7.71. The van der Waals surface area contributed by atoms with Crippen molar-refractivity contribution in [3.8, 4) is 0 Å². The molecule has 0 unspecified atom stereocenters. The molecule has 2 aromatic carbocycles. The fourth-order valence-corrected chi connectivity index (χ4v) is 3.98. The molecule has 2 heterocycles. The monoisotopic (exact) mass is 441 g/mol. The SMILES string of the molecule is O=C(N[C@]1(c2ccccc2)CCN(C(=O)Cc2ccc(F)c(F)c2)C[C@H]1O)c1ccon1. The summed E-state index contributed by atoms with van der Waals surface area (Å²) in [4.78, 5) is 26.9. The summed E-state index contributed by atoms with van der Waals surface area (Å²) < 4.78 is 31.4. The quantitative estimate of drug-likeness (QED) is 0.634. The molecule has 1 aromatic heterocycles. The predicted molar refractivity (Wildman–Crippen MR) is 109 cm³/mol. The summed E-state index contributed by atoms with van der Waals surface area (Å²) in [5.74, 6) is -2.85. The van der Waals surface area contributed by atoms with Gasteiger partial charge in [-0.25, -0.2) is 8.78 Å². The maximum atomic E-state index is 13.5. The Labute approximate surface area is 182 Å². The summed E-state index contributed by atoms with van der Waals surface area (Å²) in [6.07, 6.45) is 0.266. The third kappa shape index (κ3) is 4.24. The summed E-state index contributed by atoms with van der Waals surface area (Å²) in [6, 6.07) is 13.7. The number of hydrogen-bond donors (Lipinski definition) is 2. The van der Waals surface area contributed by atoms with E-state index in [1.54, 1.807) is 24.3 Å². The van der Waals surface area contributed by atoms with Crippen molar-refractivity contribution >= 4 is 11.8 Å². The molecule has 0 saturated carbocycles. The fraction of sp³-hybridized carbons (Fsp3) is 0.261. The van der Waals surface area contributed by atoms with Crippen molar-refractivity contribution in [1.29, 1.82) is 0 Å². The number of β-amino-alcohol motifs (C(OH)–C–C–N with tert-alkyl or cyclic N) is 1. The van der Waals surface area contributed by atoms with E-state index in [0.29, 0.717) is 11.1 Å². The van der Waals surface area contributed by atoms with Crippen LogP contribution >= 0.6 is 0 Å². The third-order valence-electron chi connectivity index (χ3n) is 5.73. The first-order valence-electron chi connectivity index (χ1n) is 10.1. The molecular formula is C23H21F2N3O4. The molecule has 7 nitrogen and oxygen atoms in total. The van der Waals surface area contributed by atoms with Crippen molar-refractivity contribution in [2.24, 2.45) is 0 Å². The summed E-state index contributed by atoms with van der Waals surface area (Å²) in [6.45, 7) is 0.198. The minimum Gasteiger partial charge on any atom is -0.388 e. The Hall–Kier alpha value is -3.59. The number of benzene rings is 2. The zero-order valence-corrected chi connectivity index (χ0v) is 17.0. The Balaban J connectivity index is 1.53.